The van der Waals surface area contributed by atoms with Gasteiger partial charge in [-0.15, -0.1) is 4.40 Å². The van der Waals surface area contributed by atoms with Crippen LogP contribution in [0.1, 0.15) is 24.8 Å². The molecule has 2 aliphatic heterocycles. The van der Waals surface area contributed by atoms with Crippen LogP contribution >= 0.6 is 0 Å². The van der Waals surface area contributed by atoms with E-state index in [1.165, 1.54) is 12.8 Å². The first kappa shape index (κ1) is 12.6. The molecule has 0 aliphatic carbocycles. The van der Waals surface area contributed by atoms with Gasteiger partial charge in [-0.1, -0.05) is 18.6 Å². The number of piperidine rings is 1. The lowest BCUT2D eigenvalue weighted by atomic mass is 10.1. The third-order valence-corrected chi connectivity index (χ3v) is 4.75. The number of hydrogen-bond donors (Lipinski definition) is 1. The fraction of sp³-hybridized carbons (Fsp3) is 0.462. The van der Waals surface area contributed by atoms with Gasteiger partial charge in [-0.3, -0.25) is 0 Å². The minimum atomic E-state index is -3.57. The Labute approximate surface area is 112 Å². The molecule has 2 heterocycles. The molecular formula is C13H16N2O3S. The molecule has 19 heavy (non-hydrogen) atoms. The van der Waals surface area contributed by atoms with Gasteiger partial charge >= 0.3 is 0 Å². The molecular weight excluding hydrogens is 264 g/mol. The molecule has 2 aliphatic rings. The first-order valence-corrected chi connectivity index (χ1v) is 7.91. The second kappa shape index (κ2) is 4.94. The predicted molar refractivity (Wildman–Crippen MR) is 71.8 cm³/mol. The zero-order valence-corrected chi connectivity index (χ0v) is 11.3. The van der Waals surface area contributed by atoms with E-state index in [4.69, 9.17) is 4.74 Å². The molecule has 0 spiro atoms. The van der Waals surface area contributed by atoms with Crippen molar-refractivity contribution >= 4 is 15.9 Å². The van der Waals surface area contributed by atoms with Crippen molar-refractivity contribution in [2.45, 2.75) is 30.2 Å². The molecule has 0 unspecified atom stereocenters. The highest BCUT2D eigenvalue weighted by molar-refractivity contribution is 7.90. The van der Waals surface area contributed by atoms with E-state index < -0.39 is 10.0 Å². The summed E-state index contributed by atoms with van der Waals surface area (Å²) >= 11 is 0. The summed E-state index contributed by atoms with van der Waals surface area (Å²) in [6.07, 6.45) is 3.43. The van der Waals surface area contributed by atoms with Crippen molar-refractivity contribution in [2.24, 2.45) is 4.40 Å². The van der Waals surface area contributed by atoms with Crippen molar-refractivity contribution in [3.05, 3.63) is 29.8 Å². The number of nitrogens with zero attached hydrogens (tertiary/aromatic N) is 1. The van der Waals surface area contributed by atoms with E-state index in [2.05, 4.69) is 9.71 Å². The molecule has 102 valence electrons. The van der Waals surface area contributed by atoms with Gasteiger partial charge in [-0.25, -0.2) is 0 Å². The molecule has 1 aromatic carbocycles. The van der Waals surface area contributed by atoms with E-state index >= 15 is 0 Å². The summed E-state index contributed by atoms with van der Waals surface area (Å²) in [7, 11) is -3.57. The first-order valence-electron chi connectivity index (χ1n) is 6.47. The fourth-order valence-electron chi connectivity index (χ4n) is 2.43. The SMILES string of the molecule is O=S1(=O)N=C(OC[C@@H]2CCCCN2)c2ccccc21. The van der Waals surface area contributed by atoms with Crippen LogP contribution in [0, 0.1) is 0 Å². The molecule has 1 N–H and O–H groups in total. The summed E-state index contributed by atoms with van der Waals surface area (Å²) in [6, 6.07) is 7.05. The smallest absolute Gasteiger partial charge is 0.286 e. The van der Waals surface area contributed by atoms with Gasteiger partial charge in [-0.2, -0.15) is 8.42 Å². The van der Waals surface area contributed by atoms with Crippen LogP contribution in [-0.2, 0) is 14.8 Å². The molecule has 3 rings (SSSR count). The standard InChI is InChI=1S/C13H16N2O3S/c16-19(17)12-7-2-1-6-11(12)13(15-19)18-9-10-5-3-4-8-14-10/h1-2,6-7,10,14H,3-5,8-9H2/t10-/m0/s1. The zero-order chi connectivity index (χ0) is 13.3. The van der Waals surface area contributed by atoms with Gasteiger partial charge in [0.2, 0.25) is 5.90 Å². The van der Waals surface area contributed by atoms with Crippen molar-refractivity contribution in [1.82, 2.24) is 5.32 Å². The van der Waals surface area contributed by atoms with Gasteiger partial charge in [0.25, 0.3) is 10.0 Å². The van der Waals surface area contributed by atoms with E-state index in [1.54, 1.807) is 24.3 Å². The third kappa shape index (κ3) is 2.50. The largest absolute Gasteiger partial charge is 0.475 e. The highest BCUT2D eigenvalue weighted by Gasteiger charge is 2.30. The average molecular weight is 280 g/mol. The average Bonchev–Trinajstić information content (AvgIpc) is 2.70. The highest BCUT2D eigenvalue weighted by Crippen LogP contribution is 2.26. The van der Waals surface area contributed by atoms with E-state index in [1.807, 2.05) is 0 Å². The number of benzene rings is 1. The molecule has 1 atom stereocenters. The zero-order valence-electron chi connectivity index (χ0n) is 10.5. The second-order valence-electron chi connectivity index (χ2n) is 4.83. The molecule has 0 radical (unpaired) electrons. The van der Waals surface area contributed by atoms with Crippen molar-refractivity contribution in [2.75, 3.05) is 13.2 Å². The Morgan fingerprint density at radius 2 is 2.16 bits per heavy atom. The summed E-state index contributed by atoms with van der Waals surface area (Å²) in [4.78, 5) is 0.238. The Hall–Kier alpha value is -1.40. The summed E-state index contributed by atoms with van der Waals surface area (Å²) in [5.41, 5.74) is 0.568. The lowest BCUT2D eigenvalue weighted by molar-refractivity contribution is 0.230. The first-order chi connectivity index (χ1) is 9.17. The normalized spacial score (nSPS) is 24.6. The van der Waals surface area contributed by atoms with Crippen LogP contribution < -0.4 is 5.32 Å². The maximum atomic E-state index is 11.8. The van der Waals surface area contributed by atoms with Crippen LogP contribution in [0.15, 0.2) is 33.6 Å². The van der Waals surface area contributed by atoms with Gasteiger partial charge in [0.15, 0.2) is 0 Å². The maximum absolute atomic E-state index is 11.8. The number of sulfonamides is 1. The number of nitrogens with one attached hydrogen (secondary N) is 1. The van der Waals surface area contributed by atoms with Gasteiger partial charge in [0, 0.05) is 6.04 Å². The number of rotatable bonds is 2. The lowest BCUT2D eigenvalue weighted by Gasteiger charge is -2.23. The lowest BCUT2D eigenvalue weighted by Crippen LogP contribution is -2.38. The van der Waals surface area contributed by atoms with Crippen LogP contribution in [0.4, 0.5) is 0 Å². The summed E-state index contributed by atoms with van der Waals surface area (Å²) in [5.74, 6) is 0.225. The Bertz CT molecular complexity index is 604. The van der Waals surface area contributed by atoms with E-state index in [-0.39, 0.29) is 16.8 Å². The van der Waals surface area contributed by atoms with Gasteiger partial charge < -0.3 is 10.1 Å². The molecule has 5 nitrogen and oxygen atoms in total. The van der Waals surface area contributed by atoms with Crippen molar-refractivity contribution < 1.29 is 13.2 Å². The minimum Gasteiger partial charge on any atom is -0.475 e. The molecule has 0 bridgehead atoms. The molecule has 1 fully saturated rings. The molecule has 1 aromatic rings. The Morgan fingerprint density at radius 3 is 2.95 bits per heavy atom. The Morgan fingerprint density at radius 1 is 1.32 bits per heavy atom. The van der Waals surface area contributed by atoms with Crippen LogP contribution in [0.25, 0.3) is 0 Å². The summed E-state index contributed by atoms with van der Waals surface area (Å²) in [5, 5.41) is 3.36. The van der Waals surface area contributed by atoms with Crippen LogP contribution in [-0.4, -0.2) is 33.5 Å². The Kier molecular flexibility index (Phi) is 3.28. The van der Waals surface area contributed by atoms with E-state index in [0.29, 0.717) is 12.2 Å². The number of fused-ring (bicyclic) bond motifs is 1. The second-order valence-corrected chi connectivity index (χ2v) is 6.40. The van der Waals surface area contributed by atoms with Gasteiger partial charge in [-0.05, 0) is 31.5 Å². The van der Waals surface area contributed by atoms with Crippen LogP contribution in [0.5, 0.6) is 0 Å². The number of hydrogen-bond acceptors (Lipinski definition) is 4. The van der Waals surface area contributed by atoms with Crippen LogP contribution in [0.2, 0.25) is 0 Å². The molecule has 0 aromatic heterocycles. The van der Waals surface area contributed by atoms with E-state index in [9.17, 15) is 8.42 Å². The summed E-state index contributed by atoms with van der Waals surface area (Å²) < 4.78 is 33.0. The minimum absolute atomic E-state index is 0.225. The van der Waals surface area contributed by atoms with Crippen molar-refractivity contribution in [3.63, 3.8) is 0 Å². The molecule has 6 heteroatoms. The van der Waals surface area contributed by atoms with Gasteiger partial charge in [0.1, 0.15) is 11.5 Å². The number of ether oxygens (including phenoxy) is 1. The molecule has 0 amide bonds. The van der Waals surface area contributed by atoms with Crippen molar-refractivity contribution in [3.8, 4) is 0 Å². The molecule has 0 saturated carbocycles. The highest BCUT2D eigenvalue weighted by atomic mass is 32.2. The topological polar surface area (TPSA) is 67.8 Å². The molecule has 1 saturated heterocycles. The van der Waals surface area contributed by atoms with Crippen LogP contribution in [0.3, 0.4) is 0 Å². The summed E-state index contributed by atoms with van der Waals surface area (Å²) in [6.45, 7) is 1.46. The predicted octanol–water partition coefficient (Wildman–Crippen LogP) is 1.29. The quantitative estimate of drug-likeness (QED) is 0.886. The Balaban J connectivity index is 1.75. The third-order valence-electron chi connectivity index (χ3n) is 3.43. The fourth-order valence-corrected chi connectivity index (χ4v) is 3.58. The maximum Gasteiger partial charge on any atom is 0.286 e. The van der Waals surface area contributed by atoms with Gasteiger partial charge in [0.05, 0.1) is 5.56 Å². The van der Waals surface area contributed by atoms with Crippen molar-refractivity contribution in [1.29, 1.82) is 0 Å². The van der Waals surface area contributed by atoms with E-state index in [0.717, 1.165) is 13.0 Å². The monoisotopic (exact) mass is 280 g/mol.